The minimum atomic E-state index is -3.60. The summed E-state index contributed by atoms with van der Waals surface area (Å²) in [7, 11) is -2.08. The first-order chi connectivity index (χ1) is 10.4. The van der Waals surface area contributed by atoms with Crippen molar-refractivity contribution >= 4 is 21.8 Å². The van der Waals surface area contributed by atoms with Gasteiger partial charge in [-0.05, 0) is 31.4 Å². The maximum absolute atomic E-state index is 12.8. The minimum absolute atomic E-state index is 0.185. The standard InChI is InChI=1S/C15H20ClN3O2S/c1-12(10-17)11-18(2)22(20,21)19-9-5-8-15(19)13-6-3-4-7-14(13)16/h3-4,6-7,12,15H,5,8-9,11H2,1-2H3/t12-,15+/m1/s1. The molecular weight excluding hydrogens is 322 g/mol. The third-order valence-corrected chi connectivity index (χ3v) is 6.22. The number of nitrogens with zero attached hydrogens (tertiary/aromatic N) is 3. The predicted octanol–water partition coefficient (Wildman–Crippen LogP) is 2.81. The van der Waals surface area contributed by atoms with Crippen LogP contribution in [-0.2, 0) is 10.2 Å². The second-order valence-corrected chi connectivity index (χ2v) is 8.00. The maximum Gasteiger partial charge on any atom is 0.282 e. The van der Waals surface area contributed by atoms with Gasteiger partial charge < -0.3 is 0 Å². The van der Waals surface area contributed by atoms with Crippen LogP contribution in [0.2, 0.25) is 5.02 Å². The maximum atomic E-state index is 12.8. The van der Waals surface area contributed by atoms with E-state index in [1.54, 1.807) is 13.0 Å². The van der Waals surface area contributed by atoms with Gasteiger partial charge in [-0.25, -0.2) is 0 Å². The van der Waals surface area contributed by atoms with Crippen LogP contribution in [-0.4, -0.2) is 37.2 Å². The smallest absolute Gasteiger partial charge is 0.198 e. The Morgan fingerprint density at radius 1 is 1.50 bits per heavy atom. The molecule has 0 bridgehead atoms. The van der Waals surface area contributed by atoms with Gasteiger partial charge in [0.25, 0.3) is 10.2 Å². The van der Waals surface area contributed by atoms with Crippen LogP contribution in [0, 0.1) is 17.2 Å². The lowest BCUT2D eigenvalue weighted by Gasteiger charge is -2.29. The van der Waals surface area contributed by atoms with E-state index >= 15 is 0 Å². The highest BCUT2D eigenvalue weighted by molar-refractivity contribution is 7.86. The van der Waals surface area contributed by atoms with Gasteiger partial charge in [-0.1, -0.05) is 29.8 Å². The molecule has 0 unspecified atom stereocenters. The first-order valence-corrected chi connectivity index (χ1v) is 9.02. The molecule has 1 fully saturated rings. The topological polar surface area (TPSA) is 64.4 Å². The highest BCUT2D eigenvalue weighted by atomic mass is 35.5. The molecule has 0 aliphatic carbocycles. The van der Waals surface area contributed by atoms with Crippen molar-refractivity contribution in [3.05, 3.63) is 34.9 Å². The Labute approximate surface area is 137 Å². The van der Waals surface area contributed by atoms with Gasteiger partial charge in [0.1, 0.15) is 0 Å². The van der Waals surface area contributed by atoms with E-state index in [-0.39, 0.29) is 18.5 Å². The normalized spacial score (nSPS) is 21.0. The van der Waals surface area contributed by atoms with Crippen LogP contribution in [0.5, 0.6) is 0 Å². The van der Waals surface area contributed by atoms with Crippen LogP contribution in [0.15, 0.2) is 24.3 Å². The molecule has 2 atom stereocenters. The molecular formula is C15H20ClN3O2S. The molecule has 120 valence electrons. The lowest BCUT2D eigenvalue weighted by atomic mass is 10.1. The highest BCUT2D eigenvalue weighted by Crippen LogP contribution is 2.38. The van der Waals surface area contributed by atoms with Crippen molar-refractivity contribution in [1.29, 1.82) is 5.26 Å². The number of benzene rings is 1. The molecule has 0 radical (unpaired) electrons. The van der Waals surface area contributed by atoms with Crippen LogP contribution >= 0.6 is 11.6 Å². The van der Waals surface area contributed by atoms with Crippen molar-refractivity contribution in [2.45, 2.75) is 25.8 Å². The molecule has 0 aromatic heterocycles. The van der Waals surface area contributed by atoms with Crippen LogP contribution in [0.3, 0.4) is 0 Å². The van der Waals surface area contributed by atoms with Gasteiger partial charge in [0, 0.05) is 25.2 Å². The number of hydrogen-bond acceptors (Lipinski definition) is 3. The van der Waals surface area contributed by atoms with E-state index in [1.807, 2.05) is 18.2 Å². The number of hydrogen-bond donors (Lipinski definition) is 0. The predicted molar refractivity (Wildman–Crippen MR) is 86.5 cm³/mol. The van der Waals surface area contributed by atoms with Gasteiger partial charge in [-0.3, -0.25) is 0 Å². The molecule has 7 heteroatoms. The molecule has 0 spiro atoms. The van der Waals surface area contributed by atoms with Crippen LogP contribution < -0.4 is 0 Å². The molecule has 1 saturated heterocycles. The Kier molecular flexibility index (Phi) is 5.45. The average Bonchev–Trinajstić information content (AvgIpc) is 2.97. The molecule has 5 nitrogen and oxygen atoms in total. The van der Waals surface area contributed by atoms with E-state index in [1.165, 1.54) is 15.7 Å². The zero-order valence-electron chi connectivity index (χ0n) is 12.7. The molecule has 0 amide bonds. The largest absolute Gasteiger partial charge is 0.282 e. The Morgan fingerprint density at radius 2 is 2.18 bits per heavy atom. The molecule has 22 heavy (non-hydrogen) atoms. The third kappa shape index (κ3) is 3.44. The van der Waals surface area contributed by atoms with Gasteiger partial charge >= 0.3 is 0 Å². The number of nitriles is 1. The zero-order chi connectivity index (χ0) is 16.3. The van der Waals surface area contributed by atoms with Crippen molar-refractivity contribution in [2.75, 3.05) is 20.1 Å². The van der Waals surface area contributed by atoms with Crippen molar-refractivity contribution in [1.82, 2.24) is 8.61 Å². The molecule has 1 aromatic carbocycles. The van der Waals surface area contributed by atoms with E-state index in [2.05, 4.69) is 6.07 Å². The van der Waals surface area contributed by atoms with E-state index in [0.717, 1.165) is 18.4 Å². The Bertz CT molecular complexity index is 672. The van der Waals surface area contributed by atoms with Crippen molar-refractivity contribution in [3.63, 3.8) is 0 Å². The molecule has 0 saturated carbocycles. The van der Waals surface area contributed by atoms with Crippen molar-refractivity contribution < 1.29 is 8.42 Å². The van der Waals surface area contributed by atoms with E-state index in [4.69, 9.17) is 16.9 Å². The molecule has 1 aliphatic heterocycles. The van der Waals surface area contributed by atoms with Crippen LogP contribution in [0.1, 0.15) is 31.4 Å². The Morgan fingerprint density at radius 3 is 2.82 bits per heavy atom. The highest BCUT2D eigenvalue weighted by Gasteiger charge is 2.38. The third-order valence-electron chi connectivity index (χ3n) is 3.91. The second-order valence-electron chi connectivity index (χ2n) is 5.61. The summed E-state index contributed by atoms with van der Waals surface area (Å²) in [5, 5.41) is 9.46. The van der Waals surface area contributed by atoms with Gasteiger partial charge in [-0.2, -0.15) is 22.3 Å². The van der Waals surface area contributed by atoms with Gasteiger partial charge in [0.15, 0.2) is 0 Å². The summed E-state index contributed by atoms with van der Waals surface area (Å²) in [5.41, 5.74) is 0.840. The lowest BCUT2D eigenvalue weighted by Crippen LogP contribution is -2.43. The summed E-state index contributed by atoms with van der Waals surface area (Å²) in [4.78, 5) is 0. The number of halogens is 1. The summed E-state index contributed by atoms with van der Waals surface area (Å²) in [6.45, 7) is 2.37. The fraction of sp³-hybridized carbons (Fsp3) is 0.533. The molecule has 2 rings (SSSR count). The molecule has 1 aromatic rings. The van der Waals surface area contributed by atoms with Crippen LogP contribution in [0.25, 0.3) is 0 Å². The lowest BCUT2D eigenvalue weighted by molar-refractivity contribution is 0.339. The van der Waals surface area contributed by atoms with E-state index < -0.39 is 10.2 Å². The van der Waals surface area contributed by atoms with Crippen molar-refractivity contribution in [3.8, 4) is 6.07 Å². The van der Waals surface area contributed by atoms with Crippen molar-refractivity contribution in [2.24, 2.45) is 5.92 Å². The Balaban J connectivity index is 2.27. The first kappa shape index (κ1) is 17.2. The quantitative estimate of drug-likeness (QED) is 0.827. The zero-order valence-corrected chi connectivity index (χ0v) is 14.3. The van der Waals surface area contributed by atoms with Gasteiger partial charge in [0.05, 0.1) is 18.0 Å². The summed E-state index contributed by atoms with van der Waals surface area (Å²) in [6.07, 6.45) is 1.56. The summed E-state index contributed by atoms with van der Waals surface area (Å²) in [6, 6.07) is 9.18. The van der Waals surface area contributed by atoms with E-state index in [0.29, 0.717) is 11.6 Å². The second kappa shape index (κ2) is 6.97. The molecule has 1 heterocycles. The molecule has 1 aliphatic rings. The molecule has 0 N–H and O–H groups in total. The minimum Gasteiger partial charge on any atom is -0.198 e. The average molecular weight is 342 g/mol. The number of rotatable bonds is 5. The summed E-state index contributed by atoms with van der Waals surface area (Å²) >= 11 is 6.23. The monoisotopic (exact) mass is 341 g/mol. The fourth-order valence-electron chi connectivity index (χ4n) is 2.77. The summed E-state index contributed by atoms with van der Waals surface area (Å²) < 4.78 is 28.3. The van der Waals surface area contributed by atoms with Gasteiger partial charge in [-0.15, -0.1) is 0 Å². The SMILES string of the molecule is C[C@H](C#N)CN(C)S(=O)(=O)N1CCC[C@H]1c1ccccc1Cl. The first-order valence-electron chi connectivity index (χ1n) is 7.25. The Hall–Kier alpha value is -1.13. The summed E-state index contributed by atoms with van der Waals surface area (Å²) in [5.74, 6) is -0.346. The van der Waals surface area contributed by atoms with Gasteiger partial charge in [0.2, 0.25) is 0 Å². The van der Waals surface area contributed by atoms with E-state index in [9.17, 15) is 8.42 Å². The fourth-order valence-corrected chi connectivity index (χ4v) is 4.70. The van der Waals surface area contributed by atoms with Crippen LogP contribution in [0.4, 0.5) is 0 Å².